The second-order valence-corrected chi connectivity index (χ2v) is 4.76. The summed E-state index contributed by atoms with van der Waals surface area (Å²) in [4.78, 5) is 11.3. The Morgan fingerprint density at radius 3 is 2.24 bits per heavy atom. The minimum Gasteiger partial charge on any atom is -0.469 e. The molecule has 0 aliphatic rings. The number of rotatable bonds is 5. The van der Waals surface area contributed by atoms with Gasteiger partial charge in [0.05, 0.1) is 19.4 Å². The molecule has 0 saturated heterocycles. The van der Waals surface area contributed by atoms with Gasteiger partial charge in [-0.05, 0) is 5.92 Å². The molecule has 0 aliphatic heterocycles. The van der Waals surface area contributed by atoms with Crippen molar-refractivity contribution in [1.29, 1.82) is 0 Å². The first kappa shape index (κ1) is 13.7. The molecule has 1 rings (SSSR count). The highest BCUT2D eigenvalue weighted by atomic mass is 16.5. The van der Waals surface area contributed by atoms with Crippen molar-refractivity contribution in [3.05, 3.63) is 11.8 Å². The molecule has 1 unspecified atom stereocenters. The molecule has 1 aromatic heterocycles. The smallest absolute Gasteiger partial charge is 0.306 e. The molecule has 0 amide bonds. The fourth-order valence-electron chi connectivity index (χ4n) is 1.50. The second-order valence-electron chi connectivity index (χ2n) is 4.76. The van der Waals surface area contributed by atoms with Crippen LogP contribution in [0.3, 0.4) is 0 Å². The Bertz CT molecular complexity index is 372. The lowest BCUT2D eigenvalue weighted by Crippen LogP contribution is -2.14. The summed E-state index contributed by atoms with van der Waals surface area (Å²) >= 11 is 0. The summed E-state index contributed by atoms with van der Waals surface area (Å²) in [6.07, 6.45) is 0.272. The molecule has 1 atom stereocenters. The first-order valence-electron chi connectivity index (χ1n) is 5.85. The molecular weight excluding hydrogens is 220 g/mol. The van der Waals surface area contributed by atoms with E-state index in [0.29, 0.717) is 11.8 Å². The van der Waals surface area contributed by atoms with Crippen molar-refractivity contribution in [3.63, 3.8) is 0 Å². The predicted octanol–water partition coefficient (Wildman–Crippen LogP) is 2.50. The molecule has 1 aromatic rings. The Hall–Kier alpha value is -1.39. The van der Waals surface area contributed by atoms with E-state index >= 15 is 0 Å². The van der Waals surface area contributed by atoms with Crippen molar-refractivity contribution >= 4 is 5.97 Å². The van der Waals surface area contributed by atoms with E-state index in [1.54, 1.807) is 0 Å². The number of carbonyl (C=O) groups excluding carboxylic acids is 1. The van der Waals surface area contributed by atoms with Crippen molar-refractivity contribution in [3.8, 4) is 0 Å². The van der Waals surface area contributed by atoms with Crippen LogP contribution >= 0.6 is 0 Å². The SMILES string of the molecule is COC(=O)CC(c1nnc(C(C)C)o1)C(C)C. The van der Waals surface area contributed by atoms with Gasteiger partial charge < -0.3 is 9.15 Å². The standard InChI is InChI=1S/C12H20N2O3/c1-7(2)9(6-10(15)16-5)12-14-13-11(17-12)8(3)4/h7-9H,6H2,1-5H3. The fourth-order valence-corrected chi connectivity index (χ4v) is 1.50. The van der Waals surface area contributed by atoms with Crippen molar-refractivity contribution in [1.82, 2.24) is 10.2 Å². The van der Waals surface area contributed by atoms with Gasteiger partial charge in [-0.15, -0.1) is 10.2 Å². The molecule has 0 N–H and O–H groups in total. The van der Waals surface area contributed by atoms with E-state index in [1.165, 1.54) is 7.11 Å². The third-order valence-corrected chi connectivity index (χ3v) is 2.69. The summed E-state index contributed by atoms with van der Waals surface area (Å²) in [7, 11) is 1.38. The maximum atomic E-state index is 11.3. The Morgan fingerprint density at radius 2 is 1.82 bits per heavy atom. The zero-order valence-corrected chi connectivity index (χ0v) is 11.1. The van der Waals surface area contributed by atoms with E-state index in [0.717, 1.165) is 0 Å². The van der Waals surface area contributed by atoms with Crippen LogP contribution in [0.25, 0.3) is 0 Å². The number of hydrogen-bond acceptors (Lipinski definition) is 5. The zero-order valence-electron chi connectivity index (χ0n) is 11.1. The lowest BCUT2D eigenvalue weighted by Gasteiger charge is -2.15. The van der Waals surface area contributed by atoms with Gasteiger partial charge >= 0.3 is 5.97 Å². The molecule has 0 spiro atoms. The minimum absolute atomic E-state index is 0.0811. The van der Waals surface area contributed by atoms with Crippen LogP contribution in [0.15, 0.2) is 4.42 Å². The molecule has 1 heterocycles. The highest BCUT2D eigenvalue weighted by Crippen LogP contribution is 2.28. The second kappa shape index (κ2) is 5.80. The van der Waals surface area contributed by atoms with Crippen molar-refractivity contribution in [2.45, 2.75) is 46.0 Å². The van der Waals surface area contributed by atoms with Gasteiger partial charge in [0, 0.05) is 5.92 Å². The van der Waals surface area contributed by atoms with Gasteiger partial charge in [-0.1, -0.05) is 27.7 Å². The van der Waals surface area contributed by atoms with E-state index in [1.807, 2.05) is 27.7 Å². The molecule has 0 aromatic carbocycles. The van der Waals surface area contributed by atoms with E-state index in [4.69, 9.17) is 4.42 Å². The molecule has 0 aliphatic carbocycles. The number of methoxy groups -OCH3 is 1. The molecule has 5 heteroatoms. The lowest BCUT2D eigenvalue weighted by atomic mass is 9.92. The van der Waals surface area contributed by atoms with E-state index in [2.05, 4.69) is 14.9 Å². The fraction of sp³-hybridized carbons (Fsp3) is 0.750. The highest BCUT2D eigenvalue weighted by molar-refractivity contribution is 5.70. The third-order valence-electron chi connectivity index (χ3n) is 2.69. The number of ether oxygens (including phenoxy) is 1. The topological polar surface area (TPSA) is 65.2 Å². The summed E-state index contributed by atoms with van der Waals surface area (Å²) in [6, 6.07) is 0. The highest BCUT2D eigenvalue weighted by Gasteiger charge is 2.26. The van der Waals surface area contributed by atoms with Crippen LogP contribution in [0.4, 0.5) is 0 Å². The summed E-state index contributed by atoms with van der Waals surface area (Å²) in [5, 5.41) is 8.01. The largest absolute Gasteiger partial charge is 0.469 e. The average Bonchev–Trinajstić information content (AvgIpc) is 2.74. The molecule has 0 bridgehead atoms. The van der Waals surface area contributed by atoms with Gasteiger partial charge in [0.25, 0.3) is 0 Å². The van der Waals surface area contributed by atoms with Gasteiger partial charge in [-0.25, -0.2) is 0 Å². The average molecular weight is 240 g/mol. The summed E-state index contributed by atoms with van der Waals surface area (Å²) in [6.45, 7) is 8.02. The molecule has 0 saturated carbocycles. The van der Waals surface area contributed by atoms with Crippen molar-refractivity contribution in [2.24, 2.45) is 5.92 Å². The van der Waals surface area contributed by atoms with Crippen LogP contribution in [0.1, 0.15) is 57.7 Å². The zero-order chi connectivity index (χ0) is 13.0. The van der Waals surface area contributed by atoms with Crippen LogP contribution in [0.2, 0.25) is 0 Å². The Labute approximate surface area is 102 Å². The van der Waals surface area contributed by atoms with Crippen molar-refractivity contribution < 1.29 is 13.9 Å². The maximum absolute atomic E-state index is 11.3. The van der Waals surface area contributed by atoms with Gasteiger partial charge in [0.2, 0.25) is 11.8 Å². The Kier molecular flexibility index (Phi) is 4.66. The predicted molar refractivity (Wildman–Crippen MR) is 62.6 cm³/mol. The maximum Gasteiger partial charge on any atom is 0.306 e. The van der Waals surface area contributed by atoms with E-state index in [9.17, 15) is 4.79 Å². The van der Waals surface area contributed by atoms with Crippen molar-refractivity contribution in [2.75, 3.05) is 7.11 Å². The first-order chi connectivity index (χ1) is 7.95. The van der Waals surface area contributed by atoms with Crippen LogP contribution in [0.5, 0.6) is 0 Å². The molecular formula is C12H20N2O3. The van der Waals surface area contributed by atoms with Crippen LogP contribution < -0.4 is 0 Å². The minimum atomic E-state index is -0.256. The normalized spacial score (nSPS) is 13.1. The molecule has 17 heavy (non-hydrogen) atoms. The first-order valence-corrected chi connectivity index (χ1v) is 5.85. The summed E-state index contributed by atoms with van der Waals surface area (Å²) in [5.74, 6) is 1.23. The number of aromatic nitrogens is 2. The molecule has 5 nitrogen and oxygen atoms in total. The molecule has 96 valence electrons. The Balaban J connectivity index is 2.86. The summed E-state index contributed by atoms with van der Waals surface area (Å²) in [5.41, 5.74) is 0. The van der Waals surface area contributed by atoms with E-state index in [-0.39, 0.29) is 30.1 Å². The molecule has 0 fully saturated rings. The number of esters is 1. The van der Waals surface area contributed by atoms with Gasteiger partial charge in [-0.2, -0.15) is 0 Å². The third kappa shape index (κ3) is 3.54. The molecule has 0 radical (unpaired) electrons. The van der Waals surface area contributed by atoms with Crippen LogP contribution in [-0.4, -0.2) is 23.3 Å². The number of nitrogens with zero attached hydrogens (tertiary/aromatic N) is 2. The van der Waals surface area contributed by atoms with Crippen LogP contribution in [-0.2, 0) is 9.53 Å². The number of carbonyl (C=O) groups is 1. The van der Waals surface area contributed by atoms with Crippen LogP contribution in [0, 0.1) is 5.92 Å². The summed E-state index contributed by atoms with van der Waals surface area (Å²) < 4.78 is 10.3. The van der Waals surface area contributed by atoms with Gasteiger partial charge in [-0.3, -0.25) is 4.79 Å². The van der Waals surface area contributed by atoms with Gasteiger partial charge in [0.15, 0.2) is 0 Å². The van der Waals surface area contributed by atoms with E-state index < -0.39 is 0 Å². The van der Waals surface area contributed by atoms with Gasteiger partial charge in [0.1, 0.15) is 0 Å². The monoisotopic (exact) mass is 240 g/mol. The Morgan fingerprint density at radius 1 is 1.24 bits per heavy atom. The quantitative estimate of drug-likeness (QED) is 0.740. The number of hydrogen-bond donors (Lipinski definition) is 0. The lowest BCUT2D eigenvalue weighted by molar-refractivity contribution is -0.141.